The molecule has 1 atom stereocenters. The van der Waals surface area contributed by atoms with Gasteiger partial charge in [0.15, 0.2) is 0 Å². The van der Waals surface area contributed by atoms with Crippen molar-refractivity contribution in [1.82, 2.24) is 4.98 Å². The predicted molar refractivity (Wildman–Crippen MR) is 59.7 cm³/mol. The highest BCUT2D eigenvalue weighted by Crippen LogP contribution is 2.17. The van der Waals surface area contributed by atoms with E-state index in [1.807, 2.05) is 44.3 Å². The first-order valence-electron chi connectivity index (χ1n) is 4.98. The van der Waals surface area contributed by atoms with Gasteiger partial charge in [-0.05, 0) is 37.6 Å². The number of hydrogen-bond acceptors (Lipinski definition) is 3. The zero-order valence-electron chi connectivity index (χ0n) is 8.90. The molecule has 0 aromatic carbocycles. The number of anilines is 1. The molecule has 0 bridgehead atoms. The van der Waals surface area contributed by atoms with Crippen LogP contribution >= 0.6 is 0 Å². The van der Waals surface area contributed by atoms with Crippen LogP contribution in [-0.2, 0) is 0 Å². The van der Waals surface area contributed by atoms with E-state index in [-0.39, 0.29) is 6.04 Å². The van der Waals surface area contributed by atoms with E-state index >= 15 is 0 Å². The van der Waals surface area contributed by atoms with Crippen molar-refractivity contribution < 1.29 is 4.42 Å². The molecule has 3 heteroatoms. The number of pyridine rings is 1. The third kappa shape index (κ3) is 2.37. The molecule has 0 aliphatic carbocycles. The molecule has 2 heterocycles. The maximum absolute atomic E-state index is 5.30. The molecule has 0 spiro atoms. The Labute approximate surface area is 89.1 Å². The molecular weight excluding hydrogens is 188 g/mol. The topological polar surface area (TPSA) is 38.1 Å². The fraction of sp³-hybridized carbons (Fsp3) is 0.250. The van der Waals surface area contributed by atoms with Crippen LogP contribution in [0.3, 0.4) is 0 Å². The van der Waals surface area contributed by atoms with E-state index in [9.17, 15) is 0 Å². The summed E-state index contributed by atoms with van der Waals surface area (Å²) >= 11 is 0. The quantitative estimate of drug-likeness (QED) is 0.830. The summed E-state index contributed by atoms with van der Waals surface area (Å²) in [4.78, 5) is 4.28. The summed E-state index contributed by atoms with van der Waals surface area (Å²) in [5, 5.41) is 3.27. The Morgan fingerprint density at radius 1 is 1.33 bits per heavy atom. The fourth-order valence-corrected chi connectivity index (χ4v) is 1.38. The molecule has 1 unspecified atom stereocenters. The van der Waals surface area contributed by atoms with Crippen LogP contribution in [-0.4, -0.2) is 4.98 Å². The van der Waals surface area contributed by atoms with E-state index in [4.69, 9.17) is 4.42 Å². The summed E-state index contributed by atoms with van der Waals surface area (Å²) < 4.78 is 5.30. The van der Waals surface area contributed by atoms with Crippen molar-refractivity contribution in [1.29, 1.82) is 0 Å². The van der Waals surface area contributed by atoms with Crippen LogP contribution in [0.4, 0.5) is 5.82 Å². The minimum atomic E-state index is 0.134. The lowest BCUT2D eigenvalue weighted by molar-refractivity contribution is 0.490. The first kappa shape index (κ1) is 9.77. The molecule has 2 aromatic rings. The third-order valence-electron chi connectivity index (χ3n) is 2.25. The van der Waals surface area contributed by atoms with Crippen LogP contribution in [0.5, 0.6) is 0 Å². The summed E-state index contributed by atoms with van der Waals surface area (Å²) in [7, 11) is 0. The zero-order chi connectivity index (χ0) is 10.7. The van der Waals surface area contributed by atoms with Crippen molar-refractivity contribution >= 4 is 5.82 Å². The van der Waals surface area contributed by atoms with Gasteiger partial charge in [-0.15, -0.1) is 0 Å². The average Bonchev–Trinajstić information content (AvgIpc) is 2.74. The normalized spacial score (nSPS) is 12.4. The molecule has 2 rings (SSSR count). The summed E-state index contributed by atoms with van der Waals surface area (Å²) in [5.41, 5.74) is 1.16. The van der Waals surface area contributed by atoms with Gasteiger partial charge >= 0.3 is 0 Å². The lowest BCUT2D eigenvalue weighted by Gasteiger charge is -2.11. The highest BCUT2D eigenvalue weighted by Gasteiger charge is 2.07. The van der Waals surface area contributed by atoms with Gasteiger partial charge in [0.2, 0.25) is 0 Å². The molecule has 0 fully saturated rings. The smallest absolute Gasteiger partial charge is 0.126 e. The summed E-state index contributed by atoms with van der Waals surface area (Å²) in [6.07, 6.45) is 3.52. The Morgan fingerprint density at radius 2 is 2.20 bits per heavy atom. The summed E-state index contributed by atoms with van der Waals surface area (Å²) in [5.74, 6) is 1.78. The van der Waals surface area contributed by atoms with Crippen molar-refractivity contribution in [3.8, 4) is 0 Å². The highest BCUT2D eigenvalue weighted by molar-refractivity contribution is 5.37. The zero-order valence-corrected chi connectivity index (χ0v) is 8.90. The van der Waals surface area contributed by atoms with E-state index in [1.165, 1.54) is 0 Å². The largest absolute Gasteiger partial charge is 0.467 e. The SMILES string of the molecule is Cc1ccc(NC(C)c2ccco2)nc1. The Kier molecular flexibility index (Phi) is 2.72. The number of nitrogens with zero attached hydrogens (tertiary/aromatic N) is 1. The van der Waals surface area contributed by atoms with E-state index in [0.717, 1.165) is 17.1 Å². The van der Waals surface area contributed by atoms with Gasteiger partial charge in [0.25, 0.3) is 0 Å². The Hall–Kier alpha value is -1.77. The first-order valence-corrected chi connectivity index (χ1v) is 4.98. The molecule has 0 saturated carbocycles. The van der Waals surface area contributed by atoms with Gasteiger partial charge in [0.05, 0.1) is 12.3 Å². The fourth-order valence-electron chi connectivity index (χ4n) is 1.38. The van der Waals surface area contributed by atoms with Crippen LogP contribution in [0, 0.1) is 6.92 Å². The van der Waals surface area contributed by atoms with E-state index in [1.54, 1.807) is 6.26 Å². The van der Waals surface area contributed by atoms with Gasteiger partial charge in [-0.3, -0.25) is 0 Å². The van der Waals surface area contributed by atoms with Crippen LogP contribution in [0.15, 0.2) is 41.1 Å². The number of rotatable bonds is 3. The molecule has 0 radical (unpaired) electrons. The van der Waals surface area contributed by atoms with E-state index in [0.29, 0.717) is 0 Å². The first-order chi connectivity index (χ1) is 7.25. The lowest BCUT2D eigenvalue weighted by Crippen LogP contribution is -2.06. The van der Waals surface area contributed by atoms with Gasteiger partial charge in [0.1, 0.15) is 11.6 Å². The predicted octanol–water partition coefficient (Wildman–Crippen LogP) is 3.16. The third-order valence-corrected chi connectivity index (χ3v) is 2.25. The summed E-state index contributed by atoms with van der Waals surface area (Å²) in [6, 6.07) is 7.97. The number of nitrogens with one attached hydrogen (secondary N) is 1. The Morgan fingerprint density at radius 3 is 2.80 bits per heavy atom. The van der Waals surface area contributed by atoms with Gasteiger partial charge in [-0.25, -0.2) is 4.98 Å². The van der Waals surface area contributed by atoms with Gasteiger partial charge in [-0.1, -0.05) is 6.07 Å². The molecular formula is C12H14N2O. The van der Waals surface area contributed by atoms with Crippen molar-refractivity contribution in [2.75, 3.05) is 5.32 Å². The number of aromatic nitrogens is 1. The van der Waals surface area contributed by atoms with Crippen molar-refractivity contribution in [3.63, 3.8) is 0 Å². The van der Waals surface area contributed by atoms with Crippen LogP contribution in [0.25, 0.3) is 0 Å². The van der Waals surface area contributed by atoms with Crippen LogP contribution < -0.4 is 5.32 Å². The number of aryl methyl sites for hydroxylation is 1. The minimum absolute atomic E-state index is 0.134. The van der Waals surface area contributed by atoms with Crippen LogP contribution in [0.2, 0.25) is 0 Å². The van der Waals surface area contributed by atoms with E-state index < -0.39 is 0 Å². The molecule has 78 valence electrons. The maximum Gasteiger partial charge on any atom is 0.126 e. The molecule has 3 nitrogen and oxygen atoms in total. The van der Waals surface area contributed by atoms with Crippen molar-refractivity contribution in [3.05, 3.63) is 48.0 Å². The minimum Gasteiger partial charge on any atom is -0.467 e. The molecule has 0 aliphatic heterocycles. The standard InChI is InChI=1S/C12H14N2O/c1-9-5-6-12(13-8-9)14-10(2)11-4-3-7-15-11/h3-8,10H,1-2H3,(H,13,14). The Balaban J connectivity index is 2.06. The maximum atomic E-state index is 5.30. The lowest BCUT2D eigenvalue weighted by atomic mass is 10.2. The Bertz CT molecular complexity index is 406. The second-order valence-electron chi connectivity index (χ2n) is 3.60. The molecule has 2 aromatic heterocycles. The summed E-state index contributed by atoms with van der Waals surface area (Å²) in [6.45, 7) is 4.06. The monoisotopic (exact) mass is 202 g/mol. The van der Waals surface area contributed by atoms with E-state index in [2.05, 4.69) is 10.3 Å². The van der Waals surface area contributed by atoms with Gasteiger partial charge in [-0.2, -0.15) is 0 Å². The second kappa shape index (κ2) is 4.17. The number of hydrogen-bond donors (Lipinski definition) is 1. The average molecular weight is 202 g/mol. The second-order valence-corrected chi connectivity index (χ2v) is 3.60. The van der Waals surface area contributed by atoms with Gasteiger partial charge in [0, 0.05) is 6.20 Å². The van der Waals surface area contributed by atoms with Crippen molar-refractivity contribution in [2.24, 2.45) is 0 Å². The molecule has 0 aliphatic rings. The molecule has 15 heavy (non-hydrogen) atoms. The highest BCUT2D eigenvalue weighted by atomic mass is 16.3. The van der Waals surface area contributed by atoms with Gasteiger partial charge < -0.3 is 9.73 Å². The van der Waals surface area contributed by atoms with Crippen LogP contribution in [0.1, 0.15) is 24.3 Å². The molecule has 0 saturated heterocycles. The molecule has 0 amide bonds. The molecule has 1 N–H and O–H groups in total. The number of furan rings is 1. The van der Waals surface area contributed by atoms with Crippen molar-refractivity contribution in [2.45, 2.75) is 19.9 Å².